The van der Waals surface area contributed by atoms with Crippen molar-refractivity contribution in [2.45, 2.75) is 58.5 Å². The molecule has 4 nitrogen and oxygen atoms in total. The van der Waals surface area contributed by atoms with Crippen LogP contribution in [0.1, 0.15) is 71.9 Å². The molecule has 0 spiro atoms. The summed E-state index contributed by atoms with van der Waals surface area (Å²) in [6, 6.07) is 8.59. The van der Waals surface area contributed by atoms with E-state index in [2.05, 4.69) is 42.5 Å². The summed E-state index contributed by atoms with van der Waals surface area (Å²) in [6.07, 6.45) is 6.42. The fourth-order valence-electron chi connectivity index (χ4n) is 3.55. The molecule has 1 heterocycles. The number of nitrogens with one attached hydrogen (secondary N) is 1. The Balaban J connectivity index is 1.75. The predicted molar refractivity (Wildman–Crippen MR) is 91.5 cm³/mol. The highest BCUT2D eigenvalue weighted by atomic mass is 16.2. The molecule has 1 fully saturated rings. The first-order chi connectivity index (χ1) is 11.0. The number of carbonyl (C=O) groups is 1. The minimum atomic E-state index is -0.0407. The van der Waals surface area contributed by atoms with Gasteiger partial charge in [-0.2, -0.15) is 5.10 Å². The molecular formula is C19H25N3O. The molecule has 23 heavy (non-hydrogen) atoms. The van der Waals surface area contributed by atoms with E-state index in [9.17, 15) is 4.79 Å². The third-order valence-electron chi connectivity index (χ3n) is 4.67. The quantitative estimate of drug-likeness (QED) is 0.924. The Labute approximate surface area is 137 Å². The molecule has 1 amide bonds. The van der Waals surface area contributed by atoms with E-state index in [-0.39, 0.29) is 11.9 Å². The van der Waals surface area contributed by atoms with Gasteiger partial charge < -0.3 is 5.32 Å². The summed E-state index contributed by atoms with van der Waals surface area (Å²) in [5.74, 6) is -0.0407. The number of hydrogen-bond acceptors (Lipinski definition) is 2. The molecule has 122 valence electrons. The van der Waals surface area contributed by atoms with Crippen LogP contribution in [-0.2, 0) is 0 Å². The molecule has 1 aliphatic carbocycles. The van der Waals surface area contributed by atoms with Gasteiger partial charge in [-0.05, 0) is 45.2 Å². The number of aryl methyl sites for hydroxylation is 2. The van der Waals surface area contributed by atoms with Gasteiger partial charge in [-0.15, -0.1) is 0 Å². The van der Waals surface area contributed by atoms with Crippen molar-refractivity contribution in [1.29, 1.82) is 0 Å². The second-order valence-corrected chi connectivity index (χ2v) is 6.72. The second kappa shape index (κ2) is 6.57. The van der Waals surface area contributed by atoms with Gasteiger partial charge in [-0.3, -0.25) is 9.48 Å². The standard InChI is InChI=1S/C19H25N3O/c1-13-10-14(2)12-16(11-13)15(3)21-19(23)18-8-9-20-22(18)17-6-4-5-7-17/h8-12,15,17H,4-7H2,1-3H3,(H,21,23). The van der Waals surface area contributed by atoms with E-state index in [1.54, 1.807) is 6.20 Å². The second-order valence-electron chi connectivity index (χ2n) is 6.72. The van der Waals surface area contributed by atoms with Crippen LogP contribution in [0.15, 0.2) is 30.5 Å². The molecule has 3 rings (SSSR count). The van der Waals surface area contributed by atoms with Crippen LogP contribution in [-0.4, -0.2) is 15.7 Å². The van der Waals surface area contributed by atoms with Crippen LogP contribution < -0.4 is 5.32 Å². The molecule has 2 aromatic rings. The molecule has 1 atom stereocenters. The highest BCUT2D eigenvalue weighted by Crippen LogP contribution is 2.30. The topological polar surface area (TPSA) is 46.9 Å². The number of rotatable bonds is 4. The van der Waals surface area contributed by atoms with Gasteiger partial charge in [-0.25, -0.2) is 0 Å². The summed E-state index contributed by atoms with van der Waals surface area (Å²) >= 11 is 0. The molecule has 1 aliphatic rings. The number of aromatic nitrogens is 2. The number of benzene rings is 1. The first kappa shape index (κ1) is 15.8. The van der Waals surface area contributed by atoms with Gasteiger partial charge >= 0.3 is 0 Å². The summed E-state index contributed by atoms with van der Waals surface area (Å²) in [5.41, 5.74) is 4.25. The fourth-order valence-corrected chi connectivity index (χ4v) is 3.55. The van der Waals surface area contributed by atoms with Gasteiger partial charge in [0.2, 0.25) is 0 Å². The minimum absolute atomic E-state index is 0.0203. The van der Waals surface area contributed by atoms with Crippen molar-refractivity contribution in [3.05, 3.63) is 52.8 Å². The van der Waals surface area contributed by atoms with E-state index in [0.29, 0.717) is 11.7 Å². The molecule has 0 bridgehead atoms. The van der Waals surface area contributed by atoms with Gasteiger partial charge in [0.1, 0.15) is 5.69 Å². The third kappa shape index (κ3) is 3.46. The van der Waals surface area contributed by atoms with Crippen molar-refractivity contribution < 1.29 is 4.79 Å². The van der Waals surface area contributed by atoms with Gasteiger partial charge in [0, 0.05) is 6.20 Å². The zero-order valence-electron chi connectivity index (χ0n) is 14.2. The van der Waals surface area contributed by atoms with Crippen molar-refractivity contribution in [3.8, 4) is 0 Å². The highest BCUT2D eigenvalue weighted by Gasteiger charge is 2.23. The van der Waals surface area contributed by atoms with E-state index >= 15 is 0 Å². The Morgan fingerprint density at radius 3 is 2.52 bits per heavy atom. The van der Waals surface area contributed by atoms with Crippen LogP contribution in [0.25, 0.3) is 0 Å². The minimum Gasteiger partial charge on any atom is -0.344 e. The molecule has 0 saturated heterocycles. The normalized spacial score (nSPS) is 16.5. The molecule has 0 radical (unpaired) electrons. The van der Waals surface area contributed by atoms with E-state index < -0.39 is 0 Å². The third-order valence-corrected chi connectivity index (χ3v) is 4.67. The Kier molecular flexibility index (Phi) is 4.51. The SMILES string of the molecule is Cc1cc(C)cc(C(C)NC(=O)c2ccnn2C2CCCC2)c1. The van der Waals surface area contributed by atoms with E-state index in [1.807, 2.05) is 17.7 Å². The van der Waals surface area contributed by atoms with Gasteiger partial charge in [-0.1, -0.05) is 42.2 Å². The summed E-state index contributed by atoms with van der Waals surface area (Å²) in [6.45, 7) is 6.20. The lowest BCUT2D eigenvalue weighted by Gasteiger charge is -2.18. The summed E-state index contributed by atoms with van der Waals surface area (Å²) in [4.78, 5) is 12.7. The molecule has 1 N–H and O–H groups in total. The Bertz CT molecular complexity index is 678. The summed E-state index contributed by atoms with van der Waals surface area (Å²) in [5, 5.41) is 7.50. The van der Waals surface area contributed by atoms with Crippen LogP contribution in [0.4, 0.5) is 0 Å². The molecular weight excluding hydrogens is 286 g/mol. The smallest absolute Gasteiger partial charge is 0.270 e. The molecule has 1 aromatic heterocycles. The van der Waals surface area contributed by atoms with Crippen LogP contribution in [0.3, 0.4) is 0 Å². The number of carbonyl (C=O) groups excluding carboxylic acids is 1. The maximum Gasteiger partial charge on any atom is 0.270 e. The van der Waals surface area contributed by atoms with Crippen molar-refractivity contribution >= 4 is 5.91 Å². The van der Waals surface area contributed by atoms with Gasteiger partial charge in [0.05, 0.1) is 12.1 Å². The average Bonchev–Trinajstić information content (AvgIpc) is 3.17. The molecule has 4 heteroatoms. The molecule has 1 unspecified atom stereocenters. The van der Waals surface area contributed by atoms with E-state index in [0.717, 1.165) is 18.4 Å². The van der Waals surface area contributed by atoms with Gasteiger partial charge in [0.25, 0.3) is 5.91 Å². The Morgan fingerprint density at radius 2 is 1.87 bits per heavy atom. The fraction of sp³-hybridized carbons (Fsp3) is 0.474. The van der Waals surface area contributed by atoms with Crippen molar-refractivity contribution in [2.75, 3.05) is 0 Å². The number of amides is 1. The van der Waals surface area contributed by atoms with E-state index in [4.69, 9.17) is 0 Å². The lowest BCUT2D eigenvalue weighted by atomic mass is 10.0. The summed E-state index contributed by atoms with van der Waals surface area (Å²) in [7, 11) is 0. The molecule has 1 aromatic carbocycles. The number of nitrogens with zero attached hydrogens (tertiary/aromatic N) is 2. The highest BCUT2D eigenvalue weighted by molar-refractivity contribution is 5.92. The first-order valence-electron chi connectivity index (χ1n) is 8.47. The summed E-state index contributed by atoms with van der Waals surface area (Å²) < 4.78 is 1.91. The maximum absolute atomic E-state index is 12.7. The lowest BCUT2D eigenvalue weighted by Crippen LogP contribution is -2.29. The van der Waals surface area contributed by atoms with Crippen LogP contribution in [0.2, 0.25) is 0 Å². The lowest BCUT2D eigenvalue weighted by molar-refractivity contribution is 0.0926. The average molecular weight is 311 g/mol. The van der Waals surface area contributed by atoms with E-state index in [1.165, 1.54) is 24.0 Å². The molecule has 1 saturated carbocycles. The predicted octanol–water partition coefficient (Wildman–Crippen LogP) is 4.11. The van der Waals surface area contributed by atoms with Crippen LogP contribution >= 0.6 is 0 Å². The Morgan fingerprint density at radius 1 is 1.22 bits per heavy atom. The first-order valence-corrected chi connectivity index (χ1v) is 8.47. The van der Waals surface area contributed by atoms with Crippen LogP contribution in [0, 0.1) is 13.8 Å². The monoisotopic (exact) mass is 311 g/mol. The van der Waals surface area contributed by atoms with Crippen molar-refractivity contribution in [2.24, 2.45) is 0 Å². The number of hydrogen-bond donors (Lipinski definition) is 1. The van der Waals surface area contributed by atoms with Gasteiger partial charge in [0.15, 0.2) is 0 Å². The Hall–Kier alpha value is -2.10. The van der Waals surface area contributed by atoms with Crippen molar-refractivity contribution in [3.63, 3.8) is 0 Å². The zero-order valence-corrected chi connectivity index (χ0v) is 14.2. The van der Waals surface area contributed by atoms with Crippen LogP contribution in [0.5, 0.6) is 0 Å². The largest absolute Gasteiger partial charge is 0.344 e. The van der Waals surface area contributed by atoms with Crippen molar-refractivity contribution in [1.82, 2.24) is 15.1 Å². The zero-order chi connectivity index (χ0) is 16.4. The molecule has 0 aliphatic heterocycles. The maximum atomic E-state index is 12.7.